The van der Waals surface area contributed by atoms with Gasteiger partial charge in [-0.3, -0.25) is 9.69 Å². The van der Waals surface area contributed by atoms with Gasteiger partial charge in [-0.25, -0.2) is 9.97 Å². The minimum Gasteiger partial charge on any atom is -0.634 e. The molecule has 3 heterocycles. The van der Waals surface area contributed by atoms with Crippen molar-refractivity contribution in [2.24, 2.45) is 0 Å². The molecule has 0 aliphatic carbocycles. The summed E-state index contributed by atoms with van der Waals surface area (Å²) in [6.07, 6.45) is -3.10. The monoisotopic (exact) mass is 595 g/mol. The van der Waals surface area contributed by atoms with Gasteiger partial charge in [-0.15, -0.1) is 0 Å². The number of alkyl halides is 3. The number of hydrogen-bond acceptors (Lipinski definition) is 8. The van der Waals surface area contributed by atoms with Crippen LogP contribution in [0, 0.1) is 19.1 Å². The third-order valence-corrected chi connectivity index (χ3v) is 7.06. The first-order chi connectivity index (χ1) is 20.5. The number of aryl methyl sites for hydroxylation is 2. The second-order valence-electron chi connectivity index (χ2n) is 10.3. The van der Waals surface area contributed by atoms with E-state index in [9.17, 15) is 23.2 Å². The van der Waals surface area contributed by atoms with Crippen LogP contribution >= 0.6 is 0 Å². The van der Waals surface area contributed by atoms with Gasteiger partial charge in [0.1, 0.15) is 18.0 Å². The first-order valence-electron chi connectivity index (χ1n) is 13.8. The smallest absolute Gasteiger partial charge is 0.416 e. The number of rotatable bonds is 9. The lowest BCUT2D eigenvalue weighted by Gasteiger charge is -2.34. The number of piperazine rings is 1. The number of amides is 1. The summed E-state index contributed by atoms with van der Waals surface area (Å²) in [6.45, 7) is 7.92. The Morgan fingerprint density at radius 1 is 1.05 bits per heavy atom. The van der Waals surface area contributed by atoms with Crippen LogP contribution in [0.25, 0.3) is 5.82 Å². The van der Waals surface area contributed by atoms with Crippen LogP contribution in [0.5, 0.6) is 0 Å². The third kappa shape index (κ3) is 7.66. The minimum atomic E-state index is -4.55. The van der Waals surface area contributed by atoms with Gasteiger partial charge < -0.3 is 26.2 Å². The molecule has 0 atom stereocenters. The molecule has 226 valence electrons. The molecule has 11 nitrogen and oxygen atoms in total. The highest BCUT2D eigenvalue weighted by Crippen LogP contribution is 2.30. The van der Waals surface area contributed by atoms with Crippen LogP contribution in [0.3, 0.4) is 0 Å². The fourth-order valence-corrected chi connectivity index (χ4v) is 4.70. The number of hydrogen-bond donors (Lipinski definition) is 4. The van der Waals surface area contributed by atoms with Crippen molar-refractivity contribution in [3.8, 4) is 5.82 Å². The number of carbonyl (C=O) groups is 1. The fraction of sp³-hybridized carbons (Fsp3) is 0.310. The Morgan fingerprint density at radius 3 is 2.60 bits per heavy atom. The largest absolute Gasteiger partial charge is 0.634 e. The van der Waals surface area contributed by atoms with Gasteiger partial charge in [0, 0.05) is 55.2 Å². The molecule has 0 radical (unpaired) electrons. The Morgan fingerprint density at radius 2 is 1.84 bits per heavy atom. The van der Waals surface area contributed by atoms with Gasteiger partial charge >= 0.3 is 6.18 Å². The maximum atomic E-state index is 13.1. The van der Waals surface area contributed by atoms with E-state index < -0.39 is 17.6 Å². The molecule has 5 rings (SSSR count). The van der Waals surface area contributed by atoms with E-state index in [1.807, 2.05) is 19.9 Å². The number of halogens is 3. The zero-order valence-electron chi connectivity index (χ0n) is 23.7. The number of anilines is 4. The molecule has 0 bridgehead atoms. The van der Waals surface area contributed by atoms with E-state index in [-0.39, 0.29) is 5.56 Å². The molecule has 4 aromatic rings. The van der Waals surface area contributed by atoms with E-state index in [2.05, 4.69) is 35.9 Å². The van der Waals surface area contributed by atoms with Gasteiger partial charge in [0.05, 0.1) is 24.3 Å². The van der Waals surface area contributed by atoms with Crippen molar-refractivity contribution in [3.63, 3.8) is 0 Å². The lowest BCUT2D eigenvalue weighted by atomic mass is 10.1. The van der Waals surface area contributed by atoms with Crippen molar-refractivity contribution in [3.05, 3.63) is 88.5 Å². The van der Waals surface area contributed by atoms with Crippen molar-refractivity contribution < 1.29 is 23.0 Å². The van der Waals surface area contributed by atoms with Gasteiger partial charge in [0.2, 0.25) is 0 Å². The highest BCUT2D eigenvalue weighted by molar-refractivity contribution is 6.04. The van der Waals surface area contributed by atoms with E-state index in [4.69, 9.17) is 0 Å². The van der Waals surface area contributed by atoms with Crippen LogP contribution in [0.4, 0.5) is 36.2 Å². The average Bonchev–Trinajstić information content (AvgIpc) is 3.35. The highest BCUT2D eigenvalue weighted by atomic mass is 19.4. The molecule has 0 spiro atoms. The van der Waals surface area contributed by atoms with Gasteiger partial charge in [-0.05, 0) is 49.7 Å². The van der Waals surface area contributed by atoms with Crippen LogP contribution in [-0.2, 0) is 6.18 Å². The molecule has 0 unspecified atom stereocenters. The molecule has 1 aliphatic rings. The van der Waals surface area contributed by atoms with Crippen molar-refractivity contribution in [1.29, 1.82) is 0 Å². The van der Waals surface area contributed by atoms with Crippen LogP contribution in [0.15, 0.2) is 60.9 Å². The molecule has 1 aliphatic heterocycles. The van der Waals surface area contributed by atoms with Crippen molar-refractivity contribution >= 4 is 28.9 Å². The molecular weight excluding hydrogens is 563 g/mol. The summed E-state index contributed by atoms with van der Waals surface area (Å²) in [5, 5.41) is 25.7. The van der Waals surface area contributed by atoms with Gasteiger partial charge in [-0.2, -0.15) is 23.0 Å². The van der Waals surface area contributed by atoms with E-state index >= 15 is 0 Å². The molecule has 4 N–H and O–H groups in total. The number of carbonyl (C=O) groups excluding carboxylic acids is 1. The lowest BCUT2D eigenvalue weighted by Crippen LogP contribution is -3.10. The summed E-state index contributed by atoms with van der Waals surface area (Å²) in [6, 6.07) is 13.1. The minimum absolute atomic E-state index is 0.0992. The maximum Gasteiger partial charge on any atom is 0.416 e. The Bertz CT molecular complexity index is 1580. The number of nitrogens with zero attached hydrogens (tertiary/aromatic N) is 5. The van der Waals surface area contributed by atoms with Crippen molar-refractivity contribution in [2.45, 2.75) is 20.0 Å². The standard InChI is InChI=1S/C29H32F3N9O2/c1-19-6-7-23(36-28(42)21-4-3-5-22(15-21)29(30,31)32)16-24(19)37-27-14-20(2)38-41(27)26-17-25(34-18-35-26)33-8-9-39-10-12-40(43)13-11-39/h3-7,14-18,37,40H,8-13H2,1-2H3,(H,36,42)(H,33,34,35). The SMILES string of the molecule is Cc1cc(Nc2cc(NC(=O)c3cccc(C(F)(F)F)c3)ccc2C)n(-c2cc(NCCN3CC[NH+]([O-])CC3)ncn2)n1. The normalized spacial score (nSPS) is 14.5. The van der Waals surface area contributed by atoms with E-state index in [0.717, 1.165) is 43.0 Å². The molecule has 2 aromatic heterocycles. The molecule has 2 aromatic carbocycles. The van der Waals surface area contributed by atoms with Crippen LogP contribution in [0.1, 0.15) is 27.2 Å². The number of aromatic nitrogens is 4. The quantitative estimate of drug-likeness (QED) is 0.217. The van der Waals surface area contributed by atoms with Crippen LogP contribution < -0.4 is 21.0 Å². The number of quaternary nitrogens is 1. The zero-order valence-corrected chi connectivity index (χ0v) is 23.7. The zero-order chi connectivity index (χ0) is 30.6. The lowest BCUT2D eigenvalue weighted by molar-refractivity contribution is -0.853. The molecule has 0 saturated carbocycles. The van der Waals surface area contributed by atoms with Gasteiger partial charge in [0.15, 0.2) is 5.82 Å². The third-order valence-electron chi connectivity index (χ3n) is 7.06. The van der Waals surface area contributed by atoms with Gasteiger partial charge in [-0.1, -0.05) is 12.1 Å². The first kappa shape index (κ1) is 29.9. The summed E-state index contributed by atoms with van der Waals surface area (Å²) >= 11 is 0. The number of nitrogens with one attached hydrogen (secondary N) is 4. The topological polar surface area (TPSA) is 128 Å². The van der Waals surface area contributed by atoms with E-state index in [1.165, 1.54) is 18.5 Å². The molecule has 1 amide bonds. The average molecular weight is 596 g/mol. The number of benzene rings is 2. The number of hydroxylamine groups is 2. The van der Waals surface area contributed by atoms with Crippen molar-refractivity contribution in [1.82, 2.24) is 24.6 Å². The van der Waals surface area contributed by atoms with E-state index in [0.29, 0.717) is 53.5 Å². The van der Waals surface area contributed by atoms with Gasteiger partial charge in [0.25, 0.3) is 5.91 Å². The highest BCUT2D eigenvalue weighted by Gasteiger charge is 2.31. The second kappa shape index (κ2) is 12.8. The molecule has 1 fully saturated rings. The molecule has 14 heteroatoms. The first-order valence-corrected chi connectivity index (χ1v) is 13.8. The second-order valence-corrected chi connectivity index (χ2v) is 10.3. The molecule has 1 saturated heterocycles. The predicted octanol–water partition coefficient (Wildman–Crippen LogP) is 3.40. The summed E-state index contributed by atoms with van der Waals surface area (Å²) in [7, 11) is 0. The van der Waals surface area contributed by atoms with Crippen LogP contribution in [0.2, 0.25) is 0 Å². The molecule has 43 heavy (non-hydrogen) atoms. The van der Waals surface area contributed by atoms with Crippen molar-refractivity contribution in [2.75, 3.05) is 55.2 Å². The summed E-state index contributed by atoms with van der Waals surface area (Å²) in [5.41, 5.74) is 1.68. The fourth-order valence-electron chi connectivity index (χ4n) is 4.70. The van der Waals surface area contributed by atoms with E-state index in [1.54, 1.807) is 28.9 Å². The summed E-state index contributed by atoms with van der Waals surface area (Å²) in [4.78, 5) is 23.7. The summed E-state index contributed by atoms with van der Waals surface area (Å²) in [5.74, 6) is 1.12. The van der Waals surface area contributed by atoms with Crippen LogP contribution in [-0.4, -0.2) is 69.8 Å². The Labute approximate surface area is 246 Å². The maximum absolute atomic E-state index is 13.1. The predicted molar refractivity (Wildman–Crippen MR) is 157 cm³/mol. The summed E-state index contributed by atoms with van der Waals surface area (Å²) < 4.78 is 41.0. The Kier molecular flexibility index (Phi) is 8.89. The Balaban J connectivity index is 1.28. The Hall–Kier alpha value is -4.53. The molecular formula is C29H32F3N9O2.